The van der Waals surface area contributed by atoms with Gasteiger partial charge in [0.15, 0.2) is 5.96 Å². The average Bonchev–Trinajstić information content (AvgIpc) is 2.64. The van der Waals surface area contributed by atoms with Crippen molar-refractivity contribution in [3.63, 3.8) is 0 Å². The van der Waals surface area contributed by atoms with Crippen molar-refractivity contribution in [2.45, 2.75) is 25.8 Å². The standard InChI is InChI=1S/C18H28N4O3/c1-19-17(24)10-13-6-8-22(9-7-13)18(20-2)21-12-14-11-15(25-3)4-5-16(14)23/h4-5,11,13,23H,6-10,12H2,1-3H3,(H,19,24)(H,20,21). The smallest absolute Gasteiger partial charge is 0.220 e. The Bertz CT molecular complexity index is 610. The highest BCUT2D eigenvalue weighted by atomic mass is 16.5. The van der Waals surface area contributed by atoms with Crippen LogP contribution in [0, 0.1) is 5.92 Å². The molecular weight excluding hydrogens is 320 g/mol. The molecule has 138 valence electrons. The summed E-state index contributed by atoms with van der Waals surface area (Å²) in [5, 5.41) is 16.0. The zero-order valence-corrected chi connectivity index (χ0v) is 15.2. The highest BCUT2D eigenvalue weighted by molar-refractivity contribution is 5.80. The van der Waals surface area contributed by atoms with Gasteiger partial charge < -0.3 is 25.4 Å². The maximum Gasteiger partial charge on any atom is 0.220 e. The summed E-state index contributed by atoms with van der Waals surface area (Å²) >= 11 is 0. The molecule has 7 nitrogen and oxygen atoms in total. The second kappa shape index (κ2) is 9.15. The van der Waals surface area contributed by atoms with Crippen molar-refractivity contribution in [1.82, 2.24) is 15.5 Å². The Labute approximate surface area is 149 Å². The van der Waals surface area contributed by atoms with Crippen molar-refractivity contribution in [2.75, 3.05) is 34.3 Å². The second-order valence-electron chi connectivity index (χ2n) is 6.20. The van der Waals surface area contributed by atoms with E-state index < -0.39 is 0 Å². The predicted molar refractivity (Wildman–Crippen MR) is 97.8 cm³/mol. The number of ether oxygens (including phenoxy) is 1. The van der Waals surface area contributed by atoms with Gasteiger partial charge in [0.05, 0.1) is 7.11 Å². The van der Waals surface area contributed by atoms with E-state index in [1.165, 1.54) is 0 Å². The van der Waals surface area contributed by atoms with Crippen molar-refractivity contribution < 1.29 is 14.6 Å². The molecule has 1 aromatic rings. The van der Waals surface area contributed by atoms with Crippen molar-refractivity contribution in [3.05, 3.63) is 23.8 Å². The monoisotopic (exact) mass is 348 g/mol. The van der Waals surface area contributed by atoms with Crippen molar-refractivity contribution in [3.8, 4) is 11.5 Å². The average molecular weight is 348 g/mol. The molecule has 1 saturated heterocycles. The van der Waals surface area contributed by atoms with Crippen LogP contribution in [0.3, 0.4) is 0 Å². The fraction of sp³-hybridized carbons (Fsp3) is 0.556. The lowest BCUT2D eigenvalue weighted by Crippen LogP contribution is -2.45. The number of nitrogens with zero attached hydrogens (tertiary/aromatic N) is 2. The number of carbonyl (C=O) groups excluding carboxylic acids is 1. The number of piperidine rings is 1. The number of phenols is 1. The van der Waals surface area contributed by atoms with Crippen LogP contribution in [-0.2, 0) is 11.3 Å². The van der Waals surface area contributed by atoms with Gasteiger partial charge in [-0.15, -0.1) is 0 Å². The van der Waals surface area contributed by atoms with E-state index in [0.29, 0.717) is 24.6 Å². The van der Waals surface area contributed by atoms with E-state index in [1.54, 1.807) is 33.3 Å². The van der Waals surface area contributed by atoms with Crippen molar-refractivity contribution >= 4 is 11.9 Å². The quantitative estimate of drug-likeness (QED) is 0.552. The highest BCUT2D eigenvalue weighted by Crippen LogP contribution is 2.23. The predicted octanol–water partition coefficient (Wildman–Crippen LogP) is 1.32. The number of carbonyl (C=O) groups is 1. The van der Waals surface area contributed by atoms with Gasteiger partial charge in [-0.2, -0.15) is 0 Å². The number of nitrogens with one attached hydrogen (secondary N) is 2. The number of guanidine groups is 1. The number of likely N-dealkylation sites (tertiary alicyclic amines) is 1. The molecule has 0 bridgehead atoms. The number of phenolic OH excluding ortho intramolecular Hbond substituents is 1. The van der Waals surface area contributed by atoms with Gasteiger partial charge in [-0.1, -0.05) is 0 Å². The van der Waals surface area contributed by atoms with E-state index in [1.807, 2.05) is 6.07 Å². The molecule has 0 unspecified atom stereocenters. The Balaban J connectivity index is 1.88. The van der Waals surface area contributed by atoms with Gasteiger partial charge >= 0.3 is 0 Å². The summed E-state index contributed by atoms with van der Waals surface area (Å²) in [5.41, 5.74) is 0.759. The molecule has 25 heavy (non-hydrogen) atoms. The molecule has 0 aromatic heterocycles. The molecule has 0 saturated carbocycles. The molecule has 0 spiro atoms. The third-order valence-corrected chi connectivity index (χ3v) is 4.60. The Morgan fingerprint density at radius 3 is 2.72 bits per heavy atom. The molecule has 2 rings (SSSR count). The minimum absolute atomic E-state index is 0.106. The maximum absolute atomic E-state index is 11.5. The van der Waals surface area contributed by atoms with Crippen LogP contribution in [0.1, 0.15) is 24.8 Å². The maximum atomic E-state index is 11.5. The SMILES string of the molecule is CN=C(NCc1cc(OC)ccc1O)N1CCC(CC(=O)NC)CC1. The zero-order valence-electron chi connectivity index (χ0n) is 15.2. The zero-order chi connectivity index (χ0) is 18.2. The molecule has 0 atom stereocenters. The number of aromatic hydroxyl groups is 1. The van der Waals surface area contributed by atoms with Crippen LogP contribution < -0.4 is 15.4 Å². The Hall–Kier alpha value is -2.44. The first kappa shape index (κ1) is 18.9. The minimum atomic E-state index is 0.106. The third-order valence-electron chi connectivity index (χ3n) is 4.60. The van der Waals surface area contributed by atoms with E-state index in [0.717, 1.165) is 37.5 Å². The Kier molecular flexibility index (Phi) is 6.91. The van der Waals surface area contributed by atoms with E-state index in [4.69, 9.17) is 4.74 Å². The van der Waals surface area contributed by atoms with Crippen LogP contribution in [0.15, 0.2) is 23.2 Å². The normalized spacial score (nSPS) is 15.8. The molecule has 1 fully saturated rings. The first-order valence-corrected chi connectivity index (χ1v) is 8.59. The molecule has 3 N–H and O–H groups in total. The lowest BCUT2D eigenvalue weighted by Gasteiger charge is -2.34. The molecule has 1 aliphatic rings. The molecule has 0 radical (unpaired) electrons. The number of methoxy groups -OCH3 is 1. The summed E-state index contributed by atoms with van der Waals surface area (Å²) < 4.78 is 5.20. The van der Waals surface area contributed by atoms with Gasteiger partial charge in [0.2, 0.25) is 5.91 Å². The van der Waals surface area contributed by atoms with Crippen LogP contribution in [0.5, 0.6) is 11.5 Å². The van der Waals surface area contributed by atoms with Crippen LogP contribution >= 0.6 is 0 Å². The van der Waals surface area contributed by atoms with E-state index in [2.05, 4.69) is 20.5 Å². The minimum Gasteiger partial charge on any atom is -0.508 e. The van der Waals surface area contributed by atoms with Gasteiger partial charge in [-0.3, -0.25) is 9.79 Å². The summed E-state index contributed by atoms with van der Waals surface area (Å²) in [6, 6.07) is 5.17. The van der Waals surface area contributed by atoms with Gasteiger partial charge in [0.1, 0.15) is 11.5 Å². The number of aliphatic imine (C=N–C) groups is 1. The molecule has 1 aliphatic heterocycles. The van der Waals surface area contributed by atoms with Crippen LogP contribution in [0.25, 0.3) is 0 Å². The van der Waals surface area contributed by atoms with Crippen LogP contribution in [0.4, 0.5) is 0 Å². The van der Waals surface area contributed by atoms with Gasteiger partial charge in [0, 0.05) is 45.7 Å². The van der Waals surface area contributed by atoms with Gasteiger partial charge in [-0.05, 0) is 37.0 Å². The van der Waals surface area contributed by atoms with Crippen LogP contribution in [0.2, 0.25) is 0 Å². The van der Waals surface area contributed by atoms with E-state index in [9.17, 15) is 9.90 Å². The fourth-order valence-corrected chi connectivity index (χ4v) is 3.05. The molecule has 1 aromatic carbocycles. The van der Waals surface area contributed by atoms with Crippen molar-refractivity contribution in [2.24, 2.45) is 10.9 Å². The largest absolute Gasteiger partial charge is 0.508 e. The summed E-state index contributed by atoms with van der Waals surface area (Å²) in [6.07, 6.45) is 2.53. The number of hydrogen-bond acceptors (Lipinski definition) is 4. The van der Waals surface area contributed by atoms with Gasteiger partial charge in [-0.25, -0.2) is 0 Å². The van der Waals surface area contributed by atoms with Crippen molar-refractivity contribution in [1.29, 1.82) is 0 Å². The Morgan fingerprint density at radius 1 is 1.40 bits per heavy atom. The number of amides is 1. The molecular formula is C18H28N4O3. The highest BCUT2D eigenvalue weighted by Gasteiger charge is 2.23. The molecule has 1 amide bonds. The topological polar surface area (TPSA) is 86.2 Å². The van der Waals surface area contributed by atoms with E-state index >= 15 is 0 Å². The summed E-state index contributed by atoms with van der Waals surface area (Å²) in [5.74, 6) is 2.28. The fourth-order valence-electron chi connectivity index (χ4n) is 3.05. The van der Waals surface area contributed by atoms with E-state index in [-0.39, 0.29) is 11.7 Å². The van der Waals surface area contributed by atoms with Crippen LogP contribution in [-0.4, -0.2) is 56.2 Å². The van der Waals surface area contributed by atoms with Gasteiger partial charge in [0.25, 0.3) is 0 Å². The first-order chi connectivity index (χ1) is 12.1. The molecule has 7 heteroatoms. The summed E-state index contributed by atoms with van der Waals surface area (Å²) in [4.78, 5) is 18.0. The summed E-state index contributed by atoms with van der Waals surface area (Å²) in [7, 11) is 5.03. The summed E-state index contributed by atoms with van der Waals surface area (Å²) in [6.45, 7) is 2.20. The molecule has 1 heterocycles. The third kappa shape index (κ3) is 5.27. The number of rotatable bonds is 5. The number of benzene rings is 1. The second-order valence-corrected chi connectivity index (χ2v) is 6.20. The number of hydrogen-bond donors (Lipinski definition) is 3. The molecule has 0 aliphatic carbocycles. The Morgan fingerprint density at radius 2 is 2.12 bits per heavy atom. The first-order valence-electron chi connectivity index (χ1n) is 8.59. The lowest BCUT2D eigenvalue weighted by atomic mass is 9.93. The lowest BCUT2D eigenvalue weighted by molar-refractivity contribution is -0.121.